The molecule has 0 saturated heterocycles. The number of rotatable bonds is 82. The number of unbranched alkanes of at least 4 members (excludes halogenated alkanes) is 48. The first-order valence-electron chi connectivity index (χ1n) is 43.4. The summed E-state index contributed by atoms with van der Waals surface area (Å²) in [6.07, 6.45) is 63.8. The number of aliphatic hydroxyl groups is 1. The van der Waals surface area contributed by atoms with Crippen molar-refractivity contribution in [2.24, 2.45) is 17.8 Å². The monoisotopic (exact) mass is 1510 g/mol. The van der Waals surface area contributed by atoms with E-state index in [1.54, 1.807) is 0 Å². The Balaban J connectivity index is 5.24. The Labute approximate surface area is 632 Å². The summed E-state index contributed by atoms with van der Waals surface area (Å²) in [6.45, 7) is 12.0. The van der Waals surface area contributed by atoms with Gasteiger partial charge in [0.15, 0.2) is 12.2 Å². The van der Waals surface area contributed by atoms with Gasteiger partial charge in [0.1, 0.15) is 19.3 Å². The van der Waals surface area contributed by atoms with Crippen LogP contribution in [0, 0.1) is 17.8 Å². The topological polar surface area (TPSA) is 237 Å². The largest absolute Gasteiger partial charge is 0.472 e. The highest BCUT2D eigenvalue weighted by Crippen LogP contribution is 2.45. The van der Waals surface area contributed by atoms with E-state index in [9.17, 15) is 43.2 Å². The van der Waals surface area contributed by atoms with E-state index in [2.05, 4.69) is 48.5 Å². The van der Waals surface area contributed by atoms with Crippen molar-refractivity contribution in [2.75, 3.05) is 39.6 Å². The molecule has 0 aromatic carbocycles. The van der Waals surface area contributed by atoms with Crippen LogP contribution in [-0.4, -0.2) is 96.7 Å². The van der Waals surface area contributed by atoms with E-state index in [1.165, 1.54) is 250 Å². The summed E-state index contributed by atoms with van der Waals surface area (Å²) in [5.74, 6) is 0.258. The number of ether oxygens (including phenoxy) is 4. The van der Waals surface area contributed by atoms with E-state index in [1.807, 2.05) is 0 Å². The molecule has 0 amide bonds. The second-order valence-corrected chi connectivity index (χ2v) is 34.1. The van der Waals surface area contributed by atoms with Crippen LogP contribution in [0.2, 0.25) is 0 Å². The molecule has 7 atom stereocenters. The highest BCUT2D eigenvalue weighted by atomic mass is 31.2. The fourth-order valence-corrected chi connectivity index (χ4v) is 14.5. The molecule has 17 nitrogen and oxygen atoms in total. The summed E-state index contributed by atoms with van der Waals surface area (Å²) < 4.78 is 68.8. The van der Waals surface area contributed by atoms with Crippen molar-refractivity contribution in [2.45, 2.75) is 458 Å². The third-order valence-electron chi connectivity index (χ3n) is 20.4. The highest BCUT2D eigenvalue weighted by Gasteiger charge is 2.30. The van der Waals surface area contributed by atoms with Gasteiger partial charge in [0, 0.05) is 25.7 Å². The van der Waals surface area contributed by atoms with E-state index >= 15 is 0 Å². The number of esters is 4. The number of hydrogen-bond acceptors (Lipinski definition) is 15. The Hall–Kier alpha value is -1.94. The zero-order chi connectivity index (χ0) is 75.8. The van der Waals surface area contributed by atoms with Gasteiger partial charge in [0.25, 0.3) is 0 Å². The van der Waals surface area contributed by atoms with Crippen molar-refractivity contribution in [3.63, 3.8) is 0 Å². The van der Waals surface area contributed by atoms with E-state index in [4.69, 9.17) is 37.0 Å². The number of carbonyl (C=O) groups is 4. The molecule has 3 N–H and O–H groups in total. The van der Waals surface area contributed by atoms with Gasteiger partial charge in [-0.25, -0.2) is 9.13 Å². The van der Waals surface area contributed by atoms with Gasteiger partial charge in [-0.05, 0) is 43.4 Å². The second kappa shape index (κ2) is 74.2. The molecule has 0 radical (unpaired) electrons. The number of phosphoric ester groups is 2. The third-order valence-corrected chi connectivity index (χ3v) is 22.3. The minimum Gasteiger partial charge on any atom is -0.462 e. The Morgan fingerprint density at radius 3 is 0.738 bits per heavy atom. The van der Waals surface area contributed by atoms with E-state index in [-0.39, 0.29) is 25.7 Å². The van der Waals surface area contributed by atoms with Crippen LogP contribution in [0.3, 0.4) is 0 Å². The van der Waals surface area contributed by atoms with Gasteiger partial charge in [-0.2, -0.15) is 0 Å². The lowest BCUT2D eigenvalue weighted by Gasteiger charge is -2.21. The van der Waals surface area contributed by atoms with Crippen LogP contribution < -0.4 is 0 Å². The van der Waals surface area contributed by atoms with E-state index in [0.29, 0.717) is 25.7 Å². The minimum absolute atomic E-state index is 0.105. The Morgan fingerprint density at radius 2 is 0.495 bits per heavy atom. The van der Waals surface area contributed by atoms with Gasteiger partial charge < -0.3 is 33.8 Å². The van der Waals surface area contributed by atoms with Gasteiger partial charge in [0.2, 0.25) is 0 Å². The molecule has 0 bridgehead atoms. The molecule has 612 valence electrons. The van der Waals surface area contributed by atoms with Crippen LogP contribution in [0.25, 0.3) is 0 Å². The predicted octanol–water partition coefficient (Wildman–Crippen LogP) is 25.3. The summed E-state index contributed by atoms with van der Waals surface area (Å²) in [5.41, 5.74) is 0. The molecular weight excluding hydrogens is 1340 g/mol. The average molecular weight is 1510 g/mol. The average Bonchev–Trinajstić information content (AvgIpc) is 0.922. The molecule has 0 heterocycles. The predicted molar refractivity (Wildman–Crippen MR) is 423 cm³/mol. The number of carbonyl (C=O) groups excluding carboxylic acids is 4. The molecule has 0 rings (SSSR count). The molecule has 0 aliphatic heterocycles. The molecule has 0 spiro atoms. The molecule has 0 fully saturated rings. The summed E-state index contributed by atoms with van der Waals surface area (Å²) in [5, 5.41) is 10.7. The standard InChI is InChI=1S/C84H164O17P2/c1-8-11-12-13-14-15-16-17-18-19-23-26-29-32-35-44-51-58-65-81(86)94-71-79(100-83(88)67-60-53-46-36-33-30-27-24-21-20-22-25-28-31-34-41-48-55-62-75(4)5)73-98-102(90,91)96-69-78(85)70-97-103(92,93)99-74-80(101-84(89)68-61-54-47-40-38-43-50-57-64-77(7)10-3)72-95-82(87)66-59-52-45-39-37-42-49-56-63-76(6)9-2/h75-80,85H,8-74H2,1-7H3,(H,90,91)(H,92,93)/t76?,77?,78-,79-,80-/m1/s1. The second-order valence-electron chi connectivity index (χ2n) is 31.2. The van der Waals surface area contributed by atoms with Gasteiger partial charge in [-0.3, -0.25) is 37.3 Å². The highest BCUT2D eigenvalue weighted by molar-refractivity contribution is 7.47. The van der Waals surface area contributed by atoms with Crippen molar-refractivity contribution in [3.05, 3.63) is 0 Å². The molecule has 0 aromatic heterocycles. The smallest absolute Gasteiger partial charge is 0.462 e. The van der Waals surface area contributed by atoms with Crippen LogP contribution in [0.4, 0.5) is 0 Å². The zero-order valence-corrected chi connectivity index (χ0v) is 69.6. The maximum Gasteiger partial charge on any atom is 0.472 e. The van der Waals surface area contributed by atoms with Crippen molar-refractivity contribution in [1.82, 2.24) is 0 Å². The number of aliphatic hydroxyl groups excluding tert-OH is 1. The molecule has 4 unspecified atom stereocenters. The minimum atomic E-state index is -4.97. The van der Waals surface area contributed by atoms with Crippen LogP contribution >= 0.6 is 15.6 Å². The van der Waals surface area contributed by atoms with Crippen LogP contribution in [0.5, 0.6) is 0 Å². The lowest BCUT2D eigenvalue weighted by Crippen LogP contribution is -2.30. The van der Waals surface area contributed by atoms with Crippen molar-refractivity contribution < 1.29 is 80.2 Å². The fraction of sp³-hybridized carbons (Fsp3) is 0.952. The normalized spacial score (nSPS) is 14.4. The molecule has 0 aromatic rings. The number of phosphoric acid groups is 2. The van der Waals surface area contributed by atoms with E-state index in [0.717, 1.165) is 108 Å². The first kappa shape index (κ1) is 101. The van der Waals surface area contributed by atoms with Crippen molar-refractivity contribution in [1.29, 1.82) is 0 Å². The maximum absolute atomic E-state index is 13.1. The van der Waals surface area contributed by atoms with Gasteiger partial charge in [-0.15, -0.1) is 0 Å². The van der Waals surface area contributed by atoms with Crippen LogP contribution in [0.1, 0.15) is 440 Å². The first-order chi connectivity index (χ1) is 49.8. The third kappa shape index (κ3) is 75.3. The summed E-state index contributed by atoms with van der Waals surface area (Å²) in [6, 6.07) is 0. The molecular formula is C84H164O17P2. The lowest BCUT2D eigenvalue weighted by molar-refractivity contribution is -0.161. The van der Waals surface area contributed by atoms with Crippen molar-refractivity contribution in [3.8, 4) is 0 Å². The molecule has 103 heavy (non-hydrogen) atoms. The maximum atomic E-state index is 13.1. The fourth-order valence-electron chi connectivity index (χ4n) is 13.0. The van der Waals surface area contributed by atoms with Crippen LogP contribution in [0.15, 0.2) is 0 Å². The molecule has 19 heteroatoms. The SMILES string of the molecule is CCCCCCCCCCCCCCCCCCCCC(=O)OC[C@H](COP(=O)(O)OC[C@@H](O)COP(=O)(O)OC[C@@H](COC(=O)CCCCCCCCCCC(C)CC)OC(=O)CCCCCCCCCCC(C)CC)OC(=O)CCCCCCCCCCCCCCCCCCCCC(C)C. The Morgan fingerprint density at radius 1 is 0.282 bits per heavy atom. The molecule has 0 aliphatic rings. The van der Waals surface area contributed by atoms with E-state index < -0.39 is 97.5 Å². The molecule has 0 saturated carbocycles. The van der Waals surface area contributed by atoms with Crippen LogP contribution in [-0.2, 0) is 65.4 Å². The lowest BCUT2D eigenvalue weighted by atomic mass is 9.99. The Kier molecular flexibility index (Phi) is 72.8. The van der Waals surface area contributed by atoms with Gasteiger partial charge in [-0.1, -0.05) is 389 Å². The zero-order valence-electron chi connectivity index (χ0n) is 67.8. The van der Waals surface area contributed by atoms with Gasteiger partial charge >= 0.3 is 39.5 Å². The molecule has 0 aliphatic carbocycles. The quantitative estimate of drug-likeness (QED) is 0.0222. The first-order valence-corrected chi connectivity index (χ1v) is 46.4. The Bertz CT molecular complexity index is 2000. The summed E-state index contributed by atoms with van der Waals surface area (Å²) >= 11 is 0. The van der Waals surface area contributed by atoms with Crippen molar-refractivity contribution >= 4 is 39.5 Å². The summed E-state index contributed by atoms with van der Waals surface area (Å²) in [4.78, 5) is 73.1. The number of hydrogen-bond donors (Lipinski definition) is 3. The summed E-state index contributed by atoms with van der Waals surface area (Å²) in [7, 11) is -9.93. The van der Waals surface area contributed by atoms with Gasteiger partial charge in [0.05, 0.1) is 26.4 Å².